The van der Waals surface area contributed by atoms with E-state index >= 15 is 0 Å². The summed E-state index contributed by atoms with van der Waals surface area (Å²) in [6, 6.07) is 0. The van der Waals surface area contributed by atoms with Crippen LogP contribution in [0.15, 0.2) is 4.79 Å². The van der Waals surface area contributed by atoms with Gasteiger partial charge in [-0.2, -0.15) is 0 Å². The maximum absolute atomic E-state index is 11.6. The molecule has 5 nitrogen and oxygen atoms in total. The normalized spacial score (nSPS) is 10.3. The van der Waals surface area contributed by atoms with Gasteiger partial charge in [-0.15, -0.1) is 0 Å². The first-order valence-electron chi connectivity index (χ1n) is 4.20. The van der Waals surface area contributed by atoms with Gasteiger partial charge in [0.15, 0.2) is 0 Å². The topological polar surface area (TPSA) is 61.1 Å². The van der Waals surface area contributed by atoms with Crippen molar-refractivity contribution in [2.24, 2.45) is 0 Å². The van der Waals surface area contributed by atoms with Crippen molar-refractivity contribution < 1.29 is 9.59 Å². The fraction of sp³-hybridized carbons (Fsp3) is 0.444. The van der Waals surface area contributed by atoms with Gasteiger partial charge < -0.3 is 0 Å². The molecule has 1 rings (SSSR count). The summed E-state index contributed by atoms with van der Waals surface area (Å²) in [5, 5.41) is 0. The van der Waals surface area contributed by atoms with Gasteiger partial charge in [-0.25, -0.2) is 13.9 Å². The molecule has 1 aromatic rings. The second-order valence-electron chi connectivity index (χ2n) is 3.16. The Bertz CT molecular complexity index is 425. The van der Waals surface area contributed by atoms with Crippen LogP contribution >= 0.6 is 0 Å². The van der Waals surface area contributed by atoms with Gasteiger partial charge in [0.2, 0.25) is 11.8 Å². The predicted octanol–water partition coefficient (Wildman–Crippen LogP) is 0.587. The molecule has 0 aliphatic heterocycles. The summed E-state index contributed by atoms with van der Waals surface area (Å²) in [5.74, 6) is -0.758. The highest BCUT2D eigenvalue weighted by molar-refractivity contribution is 5.81. The molecule has 0 fully saturated rings. The molecule has 0 atom stereocenters. The zero-order chi connectivity index (χ0) is 11.0. The lowest BCUT2D eigenvalue weighted by Crippen LogP contribution is -2.30. The third-order valence-electron chi connectivity index (χ3n) is 2.21. The molecule has 0 unspecified atom stereocenters. The number of imidazole rings is 1. The van der Waals surface area contributed by atoms with Crippen LogP contribution in [-0.4, -0.2) is 20.9 Å². The van der Waals surface area contributed by atoms with E-state index in [-0.39, 0.29) is 11.8 Å². The van der Waals surface area contributed by atoms with E-state index in [0.717, 1.165) is 9.13 Å². The van der Waals surface area contributed by atoms with E-state index < -0.39 is 5.69 Å². The van der Waals surface area contributed by atoms with Gasteiger partial charge >= 0.3 is 5.69 Å². The van der Waals surface area contributed by atoms with E-state index in [1.807, 2.05) is 0 Å². The first-order valence-corrected chi connectivity index (χ1v) is 4.20. The Balaban J connectivity index is 3.67. The Morgan fingerprint density at radius 1 is 0.929 bits per heavy atom. The van der Waals surface area contributed by atoms with Crippen molar-refractivity contribution in [2.45, 2.75) is 27.7 Å². The SMILES string of the molecule is CC(=O)n1c(C)c(C)n(C(C)=O)c1=O. The van der Waals surface area contributed by atoms with E-state index in [1.165, 1.54) is 13.8 Å². The third-order valence-corrected chi connectivity index (χ3v) is 2.21. The number of hydrogen-bond donors (Lipinski definition) is 0. The zero-order valence-corrected chi connectivity index (χ0v) is 8.62. The predicted molar refractivity (Wildman–Crippen MR) is 50.8 cm³/mol. The molecular weight excluding hydrogens is 184 g/mol. The summed E-state index contributed by atoms with van der Waals surface area (Å²) in [7, 11) is 0. The Labute approximate surface area is 81.0 Å². The molecule has 0 saturated carbocycles. The average Bonchev–Trinajstić information content (AvgIpc) is 2.23. The van der Waals surface area contributed by atoms with E-state index in [4.69, 9.17) is 0 Å². The molecule has 1 heterocycles. The van der Waals surface area contributed by atoms with Crippen LogP contribution in [0.5, 0.6) is 0 Å². The average molecular weight is 196 g/mol. The highest BCUT2D eigenvalue weighted by atomic mass is 16.2. The summed E-state index contributed by atoms with van der Waals surface area (Å²) in [4.78, 5) is 33.8. The van der Waals surface area contributed by atoms with Crippen molar-refractivity contribution in [1.82, 2.24) is 9.13 Å². The number of aromatic nitrogens is 2. The van der Waals surface area contributed by atoms with Crippen molar-refractivity contribution in [3.63, 3.8) is 0 Å². The van der Waals surface area contributed by atoms with Crippen molar-refractivity contribution >= 4 is 11.8 Å². The van der Waals surface area contributed by atoms with E-state index in [9.17, 15) is 14.4 Å². The van der Waals surface area contributed by atoms with E-state index in [0.29, 0.717) is 11.4 Å². The van der Waals surface area contributed by atoms with Crippen LogP contribution < -0.4 is 5.69 Å². The van der Waals surface area contributed by atoms with Gasteiger partial charge in [0.1, 0.15) is 0 Å². The molecule has 0 aromatic carbocycles. The minimum Gasteiger partial charge on any atom is -0.274 e. The van der Waals surface area contributed by atoms with E-state index in [2.05, 4.69) is 0 Å². The molecule has 0 N–H and O–H groups in total. The lowest BCUT2D eigenvalue weighted by Gasteiger charge is -1.95. The van der Waals surface area contributed by atoms with Crippen LogP contribution in [0.2, 0.25) is 0 Å². The largest absolute Gasteiger partial charge is 0.342 e. The van der Waals surface area contributed by atoms with Gasteiger partial charge in [-0.05, 0) is 13.8 Å². The number of hydrogen-bond acceptors (Lipinski definition) is 3. The Morgan fingerprint density at radius 2 is 1.21 bits per heavy atom. The standard InChI is InChI=1S/C9H12N2O3/c1-5-6(2)11(8(4)13)9(14)10(5)7(3)12/h1-4H3. The van der Waals surface area contributed by atoms with Crippen LogP contribution in [0, 0.1) is 13.8 Å². The summed E-state index contributed by atoms with van der Waals surface area (Å²) in [5.41, 5.74) is 0.440. The number of nitrogens with zero attached hydrogens (tertiary/aromatic N) is 2. The van der Waals surface area contributed by atoms with Crippen molar-refractivity contribution in [3.05, 3.63) is 21.9 Å². The van der Waals surface area contributed by atoms with Crippen LogP contribution in [-0.2, 0) is 0 Å². The molecule has 14 heavy (non-hydrogen) atoms. The van der Waals surface area contributed by atoms with Gasteiger partial charge in [-0.1, -0.05) is 0 Å². The summed E-state index contributed by atoms with van der Waals surface area (Å²) >= 11 is 0. The Kier molecular flexibility index (Phi) is 2.42. The lowest BCUT2D eigenvalue weighted by molar-refractivity contribution is 0.0919. The van der Waals surface area contributed by atoms with Crippen LogP contribution in [0.1, 0.15) is 34.8 Å². The number of carbonyl (C=O) groups excluding carboxylic acids is 2. The molecule has 0 aliphatic carbocycles. The number of rotatable bonds is 0. The second kappa shape index (κ2) is 3.25. The summed E-state index contributed by atoms with van der Waals surface area (Å²) in [6.07, 6.45) is 0. The smallest absolute Gasteiger partial charge is 0.274 e. The van der Waals surface area contributed by atoms with Gasteiger partial charge in [0, 0.05) is 25.2 Å². The molecule has 0 saturated heterocycles. The highest BCUT2D eigenvalue weighted by Crippen LogP contribution is 2.04. The molecule has 1 aromatic heterocycles. The lowest BCUT2D eigenvalue weighted by atomic mass is 10.3. The van der Waals surface area contributed by atoms with E-state index in [1.54, 1.807) is 13.8 Å². The van der Waals surface area contributed by atoms with Gasteiger partial charge in [0.25, 0.3) is 0 Å². The van der Waals surface area contributed by atoms with Crippen LogP contribution in [0.4, 0.5) is 0 Å². The fourth-order valence-corrected chi connectivity index (χ4v) is 1.45. The Hall–Kier alpha value is -1.65. The molecule has 0 spiro atoms. The molecule has 0 bridgehead atoms. The van der Waals surface area contributed by atoms with Gasteiger partial charge in [0.05, 0.1) is 0 Å². The molecule has 0 amide bonds. The van der Waals surface area contributed by atoms with Crippen molar-refractivity contribution in [3.8, 4) is 0 Å². The zero-order valence-electron chi connectivity index (χ0n) is 8.62. The minimum atomic E-state index is -0.583. The van der Waals surface area contributed by atoms with Crippen LogP contribution in [0.25, 0.3) is 0 Å². The first-order chi connectivity index (χ1) is 6.37. The first kappa shape index (κ1) is 10.4. The molecule has 76 valence electrons. The number of carbonyl (C=O) groups is 2. The third kappa shape index (κ3) is 1.30. The van der Waals surface area contributed by atoms with Crippen molar-refractivity contribution in [2.75, 3.05) is 0 Å². The maximum Gasteiger partial charge on any atom is 0.342 e. The maximum atomic E-state index is 11.6. The quantitative estimate of drug-likeness (QED) is 0.610. The van der Waals surface area contributed by atoms with Gasteiger partial charge in [-0.3, -0.25) is 9.59 Å². The summed E-state index contributed by atoms with van der Waals surface area (Å²) in [6.45, 7) is 5.85. The molecular formula is C9H12N2O3. The summed E-state index contributed by atoms with van der Waals surface area (Å²) < 4.78 is 1.99. The highest BCUT2D eigenvalue weighted by Gasteiger charge is 2.18. The monoisotopic (exact) mass is 196 g/mol. The minimum absolute atomic E-state index is 0.379. The fourth-order valence-electron chi connectivity index (χ4n) is 1.45. The molecule has 0 aliphatic rings. The molecule has 5 heteroatoms. The van der Waals surface area contributed by atoms with Crippen molar-refractivity contribution in [1.29, 1.82) is 0 Å². The molecule has 0 radical (unpaired) electrons. The van der Waals surface area contributed by atoms with Crippen LogP contribution in [0.3, 0.4) is 0 Å². The second-order valence-corrected chi connectivity index (χ2v) is 3.16. The Morgan fingerprint density at radius 3 is 1.36 bits per heavy atom.